The number of alkyl halides is 3. The van der Waals surface area contributed by atoms with Crippen LogP contribution >= 0.6 is 11.6 Å². The lowest BCUT2D eigenvalue weighted by Crippen LogP contribution is -2.47. The van der Waals surface area contributed by atoms with Crippen LogP contribution in [0.4, 0.5) is 17.6 Å². The number of carboxylic acids is 1. The van der Waals surface area contributed by atoms with Gasteiger partial charge < -0.3 is 15.3 Å². The second kappa shape index (κ2) is 12.1. The molecule has 8 nitrogen and oxygen atoms in total. The number of nitrogens with zero attached hydrogens (tertiary/aromatic N) is 2. The van der Waals surface area contributed by atoms with Crippen molar-refractivity contribution in [2.75, 3.05) is 26.2 Å². The average Bonchev–Trinajstić information content (AvgIpc) is 3.68. The molecule has 2 amide bonds. The van der Waals surface area contributed by atoms with Gasteiger partial charge in [0, 0.05) is 36.3 Å². The van der Waals surface area contributed by atoms with E-state index in [1.54, 1.807) is 4.90 Å². The van der Waals surface area contributed by atoms with Crippen molar-refractivity contribution in [3.05, 3.63) is 80.8 Å². The number of carbonyl (C=O) groups excluding carboxylic acids is 2. The van der Waals surface area contributed by atoms with Crippen LogP contribution in [0.2, 0.25) is 5.02 Å². The highest BCUT2D eigenvalue weighted by atomic mass is 35.5. The van der Waals surface area contributed by atoms with Crippen molar-refractivity contribution < 1.29 is 37.1 Å². The number of aromatic carboxylic acids is 1. The lowest BCUT2D eigenvalue weighted by Gasteiger charge is -2.36. The lowest BCUT2D eigenvalue weighted by atomic mass is 9.82. The van der Waals surface area contributed by atoms with Crippen molar-refractivity contribution in [1.82, 2.24) is 15.1 Å². The van der Waals surface area contributed by atoms with Crippen LogP contribution in [0.15, 0.2) is 47.7 Å². The normalized spacial score (nSPS) is 22.8. The summed E-state index contributed by atoms with van der Waals surface area (Å²) < 4.78 is 57.5. The van der Waals surface area contributed by atoms with Crippen molar-refractivity contribution in [1.29, 1.82) is 5.41 Å². The molecule has 2 aliphatic carbocycles. The van der Waals surface area contributed by atoms with Gasteiger partial charge in [0.05, 0.1) is 27.3 Å². The van der Waals surface area contributed by atoms with Crippen molar-refractivity contribution in [3.63, 3.8) is 0 Å². The van der Waals surface area contributed by atoms with Gasteiger partial charge in [0.15, 0.2) is 0 Å². The third-order valence-electron chi connectivity index (χ3n) is 9.89. The Hall–Kier alpha value is -3.77. The molecular formula is C33H33ClF4N4O4. The number of rotatable bonds is 8. The van der Waals surface area contributed by atoms with E-state index in [-0.39, 0.29) is 75.8 Å². The van der Waals surface area contributed by atoms with Crippen molar-refractivity contribution >= 4 is 35.1 Å². The highest BCUT2D eigenvalue weighted by molar-refractivity contribution is 6.34. The zero-order valence-corrected chi connectivity index (χ0v) is 25.6. The summed E-state index contributed by atoms with van der Waals surface area (Å²) in [6.45, 7) is 3.19. The number of hydrogen-bond donors (Lipinski definition) is 3. The monoisotopic (exact) mass is 660 g/mol. The van der Waals surface area contributed by atoms with Gasteiger partial charge in [-0.1, -0.05) is 23.7 Å². The topological polar surface area (TPSA) is 114 Å². The molecule has 2 aromatic carbocycles. The predicted molar refractivity (Wildman–Crippen MR) is 162 cm³/mol. The Labute approximate surface area is 267 Å². The van der Waals surface area contributed by atoms with E-state index in [0.717, 1.165) is 44.1 Å². The van der Waals surface area contributed by atoms with E-state index in [4.69, 9.17) is 17.0 Å². The number of hydrogen-bond acceptors (Lipinski definition) is 5. The molecule has 2 atom stereocenters. The van der Waals surface area contributed by atoms with Crippen LogP contribution in [0.25, 0.3) is 0 Å². The quantitative estimate of drug-likeness (QED) is 0.240. The van der Waals surface area contributed by atoms with Crippen LogP contribution in [0.5, 0.6) is 0 Å². The molecule has 13 heteroatoms. The summed E-state index contributed by atoms with van der Waals surface area (Å²) in [4.78, 5) is 43.0. The molecule has 0 bridgehead atoms. The second-order valence-electron chi connectivity index (χ2n) is 12.6. The summed E-state index contributed by atoms with van der Waals surface area (Å²) in [5.41, 5.74) is -3.26. The van der Waals surface area contributed by atoms with Gasteiger partial charge in [-0.2, -0.15) is 13.2 Å². The molecule has 2 unspecified atom stereocenters. The van der Waals surface area contributed by atoms with E-state index < -0.39 is 35.2 Å². The van der Waals surface area contributed by atoms with Gasteiger partial charge in [0.2, 0.25) is 5.91 Å². The van der Waals surface area contributed by atoms with E-state index in [2.05, 4.69) is 10.2 Å². The number of carboxylic acid groups (broad SMARTS) is 1. The lowest BCUT2D eigenvalue weighted by molar-refractivity contribution is -0.160. The van der Waals surface area contributed by atoms with Crippen LogP contribution in [0.3, 0.4) is 0 Å². The number of likely N-dealkylation sites (tertiary alicyclic amines) is 2. The molecule has 6 rings (SSSR count). The first-order valence-corrected chi connectivity index (χ1v) is 15.7. The second-order valence-corrected chi connectivity index (χ2v) is 13.0. The summed E-state index contributed by atoms with van der Waals surface area (Å²) in [5, 5.41) is 20.6. The van der Waals surface area contributed by atoms with Crippen LogP contribution in [0, 0.1) is 17.1 Å². The van der Waals surface area contributed by atoms with E-state index >= 15 is 4.39 Å². The average molecular weight is 661 g/mol. The maximum atomic E-state index is 15.1. The van der Waals surface area contributed by atoms with Gasteiger partial charge in [0.25, 0.3) is 5.91 Å². The molecule has 2 saturated heterocycles. The minimum absolute atomic E-state index is 0.0216. The van der Waals surface area contributed by atoms with Crippen molar-refractivity contribution in [2.24, 2.45) is 5.92 Å². The van der Waals surface area contributed by atoms with E-state index in [1.807, 2.05) is 0 Å². The number of halogens is 5. The Morgan fingerprint density at radius 3 is 2.41 bits per heavy atom. The predicted octanol–water partition coefficient (Wildman–Crippen LogP) is 5.93. The zero-order chi connectivity index (χ0) is 33.0. The Balaban J connectivity index is 1.33. The van der Waals surface area contributed by atoms with E-state index in [1.165, 1.54) is 18.2 Å². The van der Waals surface area contributed by atoms with Crippen LogP contribution in [-0.2, 0) is 10.2 Å². The van der Waals surface area contributed by atoms with E-state index in [9.17, 15) is 32.7 Å². The summed E-state index contributed by atoms with van der Waals surface area (Å²) in [5.74, 6) is -3.89. The number of amides is 2. The Morgan fingerprint density at radius 1 is 1.07 bits per heavy atom. The van der Waals surface area contributed by atoms with Crippen LogP contribution in [0.1, 0.15) is 76.8 Å². The van der Waals surface area contributed by atoms with Gasteiger partial charge in [-0.15, -0.1) is 0 Å². The van der Waals surface area contributed by atoms with Crippen molar-refractivity contribution in [2.45, 2.75) is 62.6 Å². The molecule has 3 fully saturated rings. The minimum Gasteiger partial charge on any atom is -0.478 e. The molecule has 2 aliphatic heterocycles. The summed E-state index contributed by atoms with van der Waals surface area (Å²) in [6.07, 6.45) is -2.60. The summed E-state index contributed by atoms with van der Waals surface area (Å²) in [7, 11) is 0. The SMILES string of the molecule is N=C(C1=C(NC(=O)c2c(Cl)cccc2C2(C(F)(F)F)CC2)CC(C(=O)N2CCC(N3CCC3)C2)CC1)c1ccc(C(=O)O)cc1F. The molecule has 46 heavy (non-hydrogen) atoms. The molecular weight excluding hydrogens is 628 g/mol. The molecule has 2 heterocycles. The minimum atomic E-state index is -4.61. The zero-order valence-electron chi connectivity index (χ0n) is 24.9. The fourth-order valence-electron chi connectivity index (χ4n) is 6.96. The van der Waals surface area contributed by atoms with Gasteiger partial charge in [-0.3, -0.25) is 19.9 Å². The number of nitrogens with one attached hydrogen (secondary N) is 2. The van der Waals surface area contributed by atoms with Gasteiger partial charge in [0.1, 0.15) is 5.82 Å². The number of allylic oxidation sites excluding steroid dienone is 2. The standard InChI is InChI=1S/C33H33ClF4N4O4/c34-24-4-1-3-23(32(10-11-32)33(36,37)38)27(24)29(43)40-26-16-18(30(44)42-14-9-20(17-42)41-12-2-13-41)5-8-22(26)28(39)21-7-6-19(31(45)46)15-25(21)35/h1,3-4,6-7,15,18,20,39H,2,5,8-14,16-17H2,(H,40,43)(H,45,46). The van der Waals surface area contributed by atoms with Gasteiger partial charge >= 0.3 is 12.1 Å². The highest BCUT2D eigenvalue weighted by Crippen LogP contribution is 2.60. The first-order valence-electron chi connectivity index (χ1n) is 15.3. The Morgan fingerprint density at radius 2 is 1.80 bits per heavy atom. The molecule has 2 aromatic rings. The Kier molecular flexibility index (Phi) is 8.47. The molecule has 0 aromatic heterocycles. The fourth-order valence-corrected chi connectivity index (χ4v) is 7.22. The fraction of sp³-hybridized carbons (Fsp3) is 0.455. The van der Waals surface area contributed by atoms with Crippen LogP contribution < -0.4 is 5.32 Å². The maximum absolute atomic E-state index is 15.1. The molecule has 4 aliphatic rings. The largest absolute Gasteiger partial charge is 0.478 e. The summed E-state index contributed by atoms with van der Waals surface area (Å²) >= 11 is 6.35. The first kappa shape index (κ1) is 32.2. The molecule has 244 valence electrons. The molecule has 0 spiro atoms. The summed E-state index contributed by atoms with van der Waals surface area (Å²) in [6, 6.07) is 7.35. The van der Waals surface area contributed by atoms with Crippen LogP contribution in [-0.4, -0.2) is 76.8 Å². The van der Waals surface area contributed by atoms with Gasteiger partial charge in [-0.05, 0) is 93.4 Å². The molecule has 1 saturated carbocycles. The smallest absolute Gasteiger partial charge is 0.398 e. The van der Waals surface area contributed by atoms with E-state index in [0.29, 0.717) is 25.6 Å². The Bertz CT molecular complexity index is 1650. The number of benzene rings is 2. The van der Waals surface area contributed by atoms with Gasteiger partial charge in [-0.25, -0.2) is 9.18 Å². The first-order chi connectivity index (χ1) is 21.8. The molecule has 3 N–H and O–H groups in total. The highest BCUT2D eigenvalue weighted by Gasteiger charge is 2.65. The third-order valence-corrected chi connectivity index (χ3v) is 10.2. The third kappa shape index (κ3) is 5.81. The number of carbonyl (C=O) groups is 3. The van der Waals surface area contributed by atoms with Crippen molar-refractivity contribution in [3.8, 4) is 0 Å². The molecule has 0 radical (unpaired) electrons. The maximum Gasteiger partial charge on any atom is 0.398 e.